The van der Waals surface area contributed by atoms with E-state index in [4.69, 9.17) is 4.42 Å². The lowest BCUT2D eigenvalue weighted by Crippen LogP contribution is -2.56. The molecule has 4 heteroatoms. The topological polar surface area (TPSA) is 19.6 Å². The van der Waals surface area contributed by atoms with E-state index in [1.807, 2.05) is 6.07 Å². The van der Waals surface area contributed by atoms with E-state index in [-0.39, 0.29) is 0 Å². The molecule has 276 valence electrons. The molecule has 0 saturated carbocycles. The summed E-state index contributed by atoms with van der Waals surface area (Å²) in [6, 6.07) is 74.7. The van der Waals surface area contributed by atoms with E-state index in [0.29, 0.717) is 0 Å². The van der Waals surface area contributed by atoms with Crippen LogP contribution in [0.5, 0.6) is 0 Å². The number of benzene rings is 9. The summed E-state index contributed by atoms with van der Waals surface area (Å²) in [7, 11) is -2.25. The highest BCUT2D eigenvalue weighted by Gasteiger charge is 2.37. The van der Waals surface area contributed by atoms with Crippen LogP contribution in [0.15, 0.2) is 211 Å². The van der Waals surface area contributed by atoms with Crippen LogP contribution < -0.4 is 20.2 Å². The lowest BCUT2D eigenvalue weighted by atomic mass is 9.95. The molecule has 1 aliphatic rings. The molecule has 0 atom stereocenters. The zero-order valence-electron chi connectivity index (χ0n) is 32.4. The second-order valence-corrected chi connectivity index (χ2v) is 20.0. The third-order valence-electron chi connectivity index (χ3n) is 12.0. The molecule has 0 spiro atoms. The molecule has 58 heavy (non-hydrogen) atoms. The summed E-state index contributed by atoms with van der Waals surface area (Å²) in [5.41, 5.74) is 13.5. The van der Waals surface area contributed by atoms with Crippen molar-refractivity contribution in [3.05, 3.63) is 206 Å². The lowest BCUT2D eigenvalue weighted by molar-refractivity contribution is 0.669. The maximum absolute atomic E-state index is 6.63. The van der Waals surface area contributed by atoms with Crippen LogP contribution in [0.1, 0.15) is 0 Å². The number of hydrogen-bond acceptors (Lipinski definition) is 3. The van der Waals surface area contributed by atoms with Gasteiger partial charge in [-0.2, -0.15) is 0 Å². The minimum atomic E-state index is -2.25. The Kier molecular flexibility index (Phi) is 7.95. The van der Waals surface area contributed by atoms with Crippen LogP contribution in [0.2, 0.25) is 13.1 Å². The third kappa shape index (κ3) is 5.41. The molecule has 0 fully saturated rings. The van der Waals surface area contributed by atoms with Gasteiger partial charge in [-0.3, -0.25) is 0 Å². The predicted octanol–water partition coefficient (Wildman–Crippen LogP) is 14.1. The zero-order valence-corrected chi connectivity index (χ0v) is 33.4. The highest BCUT2D eigenvalue weighted by atomic mass is 28.3. The van der Waals surface area contributed by atoms with Crippen LogP contribution in [0.3, 0.4) is 0 Å². The summed E-state index contributed by atoms with van der Waals surface area (Å²) in [6.45, 7) is 5.04. The van der Waals surface area contributed by atoms with Crippen LogP contribution >= 0.6 is 0 Å². The normalized spacial score (nSPS) is 12.8. The second kappa shape index (κ2) is 13.5. The van der Waals surface area contributed by atoms with Gasteiger partial charge in [0.05, 0.1) is 11.4 Å². The summed E-state index contributed by atoms with van der Waals surface area (Å²) < 4.78 is 6.63. The minimum Gasteiger partial charge on any atom is -0.454 e. The van der Waals surface area contributed by atoms with Gasteiger partial charge < -0.3 is 14.2 Å². The largest absolute Gasteiger partial charge is 0.454 e. The Morgan fingerprint density at radius 3 is 1.67 bits per heavy atom. The molecule has 9 aromatic carbocycles. The van der Waals surface area contributed by atoms with E-state index in [2.05, 4.69) is 223 Å². The van der Waals surface area contributed by atoms with Crippen molar-refractivity contribution >= 4 is 85.3 Å². The standard InChI is InChI=1S/C54H40N2OSi/c1-58(2)51-27-15-24-47-48(55(39-18-8-4-9-19-39)41-30-28-38(29-31-41)37-16-6-3-7-17-37)35-34-45(53(47)51)44-33-32-42(36-52(44)58)56(40-20-10-5-11-21-40)49-25-14-23-46-43-22-12-13-26-50(43)57-54(46)49/h3-36H,1-2H3. The Morgan fingerprint density at radius 1 is 0.379 bits per heavy atom. The highest BCUT2D eigenvalue weighted by molar-refractivity contribution is 7.03. The smallest absolute Gasteiger partial charge is 0.159 e. The Morgan fingerprint density at radius 2 is 0.931 bits per heavy atom. The lowest BCUT2D eigenvalue weighted by Gasteiger charge is -2.36. The third-order valence-corrected chi connectivity index (χ3v) is 15.6. The first-order valence-corrected chi connectivity index (χ1v) is 23.0. The number of hydrogen-bond donors (Lipinski definition) is 0. The van der Waals surface area contributed by atoms with Crippen molar-refractivity contribution in [2.45, 2.75) is 13.1 Å². The predicted molar refractivity (Wildman–Crippen MR) is 248 cm³/mol. The molecular weight excluding hydrogens is 721 g/mol. The Labute approximate surface area is 339 Å². The summed E-state index contributed by atoms with van der Waals surface area (Å²) >= 11 is 0. The van der Waals surface area contributed by atoms with E-state index >= 15 is 0 Å². The van der Waals surface area contributed by atoms with Gasteiger partial charge in [-0.25, -0.2) is 0 Å². The molecular formula is C54H40N2OSi. The molecule has 0 aliphatic carbocycles. The maximum atomic E-state index is 6.63. The number of fused-ring (bicyclic) bond motifs is 5. The number of rotatable bonds is 7. The quantitative estimate of drug-likeness (QED) is 0.151. The Balaban J connectivity index is 1.08. The van der Waals surface area contributed by atoms with Crippen LogP contribution in [0.25, 0.3) is 55.0 Å². The van der Waals surface area contributed by atoms with Gasteiger partial charge >= 0.3 is 0 Å². The fourth-order valence-electron chi connectivity index (χ4n) is 9.25. The molecule has 11 rings (SSSR count). The van der Waals surface area contributed by atoms with Gasteiger partial charge in [0.25, 0.3) is 0 Å². The van der Waals surface area contributed by atoms with Crippen molar-refractivity contribution < 1.29 is 4.42 Å². The summed E-state index contributed by atoms with van der Waals surface area (Å²) in [5, 5.41) is 7.78. The molecule has 0 unspecified atom stereocenters. The van der Waals surface area contributed by atoms with E-state index in [1.165, 1.54) is 49.1 Å². The number of furan rings is 1. The van der Waals surface area contributed by atoms with E-state index in [9.17, 15) is 0 Å². The fourth-order valence-corrected chi connectivity index (χ4v) is 12.3. The average molecular weight is 761 g/mol. The van der Waals surface area contributed by atoms with Gasteiger partial charge in [-0.1, -0.05) is 153 Å². The first-order valence-electron chi connectivity index (χ1n) is 20.0. The average Bonchev–Trinajstić information content (AvgIpc) is 3.67. The molecule has 0 amide bonds. The fraction of sp³-hybridized carbons (Fsp3) is 0.0370. The van der Waals surface area contributed by atoms with E-state index < -0.39 is 8.07 Å². The van der Waals surface area contributed by atoms with Gasteiger partial charge in [0, 0.05) is 38.9 Å². The van der Waals surface area contributed by atoms with Gasteiger partial charge in [0.1, 0.15) is 13.7 Å². The van der Waals surface area contributed by atoms with Crippen LogP contribution in [0.4, 0.5) is 34.1 Å². The van der Waals surface area contributed by atoms with E-state index in [1.54, 1.807) is 0 Å². The Bertz CT molecular complexity index is 3140. The van der Waals surface area contributed by atoms with Gasteiger partial charge in [0.2, 0.25) is 0 Å². The molecule has 10 aromatic rings. The number of anilines is 6. The summed E-state index contributed by atoms with van der Waals surface area (Å²) in [4.78, 5) is 4.79. The molecule has 1 aliphatic heterocycles. The van der Waals surface area contributed by atoms with Crippen molar-refractivity contribution in [1.82, 2.24) is 0 Å². The van der Waals surface area contributed by atoms with Gasteiger partial charge in [-0.15, -0.1) is 0 Å². The molecule has 2 heterocycles. The Hall–Kier alpha value is -7.14. The molecule has 0 radical (unpaired) electrons. The first kappa shape index (κ1) is 34.1. The van der Waals surface area contributed by atoms with Crippen LogP contribution in [0, 0.1) is 0 Å². The molecule has 0 bridgehead atoms. The summed E-state index contributed by atoms with van der Waals surface area (Å²) in [5.74, 6) is 0. The SMILES string of the molecule is C[Si]1(C)c2cc(N(c3ccccc3)c3cccc4c3oc3ccccc34)ccc2-c2ccc(N(c3ccccc3)c3ccc(-c4ccccc4)cc3)c3cccc1c23. The van der Waals surface area contributed by atoms with Crippen molar-refractivity contribution in [2.24, 2.45) is 0 Å². The van der Waals surface area contributed by atoms with Crippen molar-refractivity contribution in [2.75, 3.05) is 9.80 Å². The van der Waals surface area contributed by atoms with Crippen molar-refractivity contribution in [1.29, 1.82) is 0 Å². The zero-order chi connectivity index (χ0) is 38.8. The number of para-hydroxylation sites is 4. The summed E-state index contributed by atoms with van der Waals surface area (Å²) in [6.07, 6.45) is 0. The number of nitrogens with zero attached hydrogens (tertiary/aromatic N) is 2. The van der Waals surface area contributed by atoms with Gasteiger partial charge in [0.15, 0.2) is 5.58 Å². The highest BCUT2D eigenvalue weighted by Crippen LogP contribution is 2.46. The first-order chi connectivity index (χ1) is 28.5. The molecule has 0 saturated heterocycles. The minimum absolute atomic E-state index is 0.891. The van der Waals surface area contributed by atoms with Gasteiger partial charge in [-0.05, 0) is 105 Å². The maximum Gasteiger partial charge on any atom is 0.159 e. The monoisotopic (exact) mass is 760 g/mol. The molecule has 0 N–H and O–H groups in total. The van der Waals surface area contributed by atoms with Crippen LogP contribution in [-0.4, -0.2) is 8.07 Å². The van der Waals surface area contributed by atoms with Crippen LogP contribution in [-0.2, 0) is 0 Å². The second-order valence-electron chi connectivity index (χ2n) is 15.7. The van der Waals surface area contributed by atoms with Crippen molar-refractivity contribution in [3.8, 4) is 22.3 Å². The molecule has 1 aromatic heterocycles. The van der Waals surface area contributed by atoms with E-state index in [0.717, 1.165) is 50.4 Å². The van der Waals surface area contributed by atoms with Crippen molar-refractivity contribution in [3.63, 3.8) is 0 Å². The molecule has 3 nitrogen and oxygen atoms in total.